The highest BCUT2D eigenvalue weighted by atomic mass is 127. The van der Waals surface area contributed by atoms with Gasteiger partial charge in [0.05, 0.1) is 10.1 Å². The molecule has 1 amide bonds. The second-order valence-electron chi connectivity index (χ2n) is 5.99. The Morgan fingerprint density at radius 2 is 1.92 bits per heavy atom. The molecule has 0 bridgehead atoms. The van der Waals surface area contributed by atoms with Gasteiger partial charge >= 0.3 is 0 Å². The van der Waals surface area contributed by atoms with E-state index in [1.165, 1.54) is 16.3 Å². The SMILES string of the molecule is Cn1cc(I)c(C(=O)Nc2ccn(Cc3cccc4ccccc34)n2)n1. The molecule has 7 heteroatoms. The van der Waals surface area contributed by atoms with E-state index in [-0.39, 0.29) is 5.91 Å². The molecule has 2 heterocycles. The standard InChI is InChI=1S/C19H16IN5O/c1-24-12-16(20)18(23-24)19(26)21-17-9-10-25(22-17)11-14-7-4-6-13-5-2-3-8-15(13)14/h2-10,12H,11H2,1H3,(H,21,22,26). The first-order valence-electron chi connectivity index (χ1n) is 8.11. The van der Waals surface area contributed by atoms with Crippen LogP contribution < -0.4 is 5.32 Å². The summed E-state index contributed by atoms with van der Waals surface area (Å²) in [6.45, 7) is 0.637. The van der Waals surface area contributed by atoms with Gasteiger partial charge in [0.15, 0.2) is 11.5 Å². The minimum atomic E-state index is -0.259. The van der Waals surface area contributed by atoms with Gasteiger partial charge in [-0.15, -0.1) is 0 Å². The van der Waals surface area contributed by atoms with Crippen LogP contribution in [0.3, 0.4) is 0 Å². The van der Waals surface area contributed by atoms with E-state index in [9.17, 15) is 4.79 Å². The van der Waals surface area contributed by atoms with Gasteiger partial charge in [-0.2, -0.15) is 10.2 Å². The number of anilines is 1. The van der Waals surface area contributed by atoms with Crippen molar-refractivity contribution in [1.29, 1.82) is 0 Å². The van der Waals surface area contributed by atoms with Crippen molar-refractivity contribution in [2.75, 3.05) is 5.32 Å². The van der Waals surface area contributed by atoms with Gasteiger partial charge in [0.1, 0.15) is 0 Å². The molecule has 0 radical (unpaired) electrons. The molecular weight excluding hydrogens is 441 g/mol. The fourth-order valence-electron chi connectivity index (χ4n) is 2.91. The number of amides is 1. The zero-order valence-corrected chi connectivity index (χ0v) is 16.2. The molecule has 0 fully saturated rings. The van der Waals surface area contributed by atoms with Gasteiger partial charge in [0.25, 0.3) is 5.91 Å². The Balaban J connectivity index is 1.53. The molecule has 0 aliphatic carbocycles. The molecule has 0 saturated heterocycles. The Morgan fingerprint density at radius 3 is 2.73 bits per heavy atom. The maximum absolute atomic E-state index is 12.3. The quantitative estimate of drug-likeness (QED) is 0.476. The Morgan fingerprint density at radius 1 is 1.12 bits per heavy atom. The van der Waals surface area contributed by atoms with Crippen molar-refractivity contribution >= 4 is 45.1 Å². The molecule has 2 aromatic heterocycles. The molecule has 26 heavy (non-hydrogen) atoms. The van der Waals surface area contributed by atoms with E-state index in [0.29, 0.717) is 18.1 Å². The van der Waals surface area contributed by atoms with Crippen LogP contribution >= 0.6 is 22.6 Å². The van der Waals surface area contributed by atoms with Crippen LogP contribution in [0.2, 0.25) is 0 Å². The Labute approximate surface area is 164 Å². The Kier molecular flexibility index (Phi) is 4.46. The highest BCUT2D eigenvalue weighted by molar-refractivity contribution is 14.1. The van der Waals surface area contributed by atoms with Crippen molar-refractivity contribution in [3.05, 3.63) is 75.8 Å². The highest BCUT2D eigenvalue weighted by Crippen LogP contribution is 2.20. The van der Waals surface area contributed by atoms with Gasteiger partial charge in [-0.05, 0) is 38.9 Å². The van der Waals surface area contributed by atoms with Crippen molar-refractivity contribution < 1.29 is 4.79 Å². The van der Waals surface area contributed by atoms with E-state index in [1.54, 1.807) is 24.0 Å². The van der Waals surface area contributed by atoms with E-state index < -0.39 is 0 Å². The Hall–Kier alpha value is -2.68. The number of benzene rings is 2. The van der Waals surface area contributed by atoms with Crippen molar-refractivity contribution in [2.24, 2.45) is 7.05 Å². The molecule has 0 aliphatic rings. The summed E-state index contributed by atoms with van der Waals surface area (Å²) in [5.74, 6) is 0.252. The fourth-order valence-corrected chi connectivity index (χ4v) is 3.67. The van der Waals surface area contributed by atoms with Gasteiger partial charge < -0.3 is 5.32 Å². The van der Waals surface area contributed by atoms with Crippen LogP contribution in [0.1, 0.15) is 16.1 Å². The number of hydrogen-bond acceptors (Lipinski definition) is 3. The normalized spacial score (nSPS) is 11.0. The lowest BCUT2D eigenvalue weighted by Crippen LogP contribution is -2.15. The van der Waals surface area contributed by atoms with Crippen LogP contribution in [0.15, 0.2) is 60.9 Å². The Bertz CT molecular complexity index is 1090. The number of fused-ring (bicyclic) bond motifs is 1. The molecule has 2 aromatic carbocycles. The van der Waals surface area contributed by atoms with Crippen LogP contribution in [-0.2, 0) is 13.6 Å². The molecule has 1 N–H and O–H groups in total. The lowest BCUT2D eigenvalue weighted by atomic mass is 10.0. The van der Waals surface area contributed by atoms with Crippen molar-refractivity contribution in [2.45, 2.75) is 6.54 Å². The number of nitrogens with zero attached hydrogens (tertiary/aromatic N) is 4. The number of nitrogens with one attached hydrogen (secondary N) is 1. The number of aryl methyl sites for hydroxylation is 1. The number of halogens is 1. The predicted molar refractivity (Wildman–Crippen MR) is 109 cm³/mol. The van der Waals surface area contributed by atoms with E-state index in [0.717, 1.165) is 3.57 Å². The maximum Gasteiger partial charge on any atom is 0.278 e. The number of rotatable bonds is 4. The van der Waals surface area contributed by atoms with Crippen LogP contribution in [0.25, 0.3) is 10.8 Å². The van der Waals surface area contributed by atoms with Gasteiger partial charge in [-0.1, -0.05) is 42.5 Å². The monoisotopic (exact) mass is 457 g/mol. The smallest absolute Gasteiger partial charge is 0.278 e. The minimum Gasteiger partial charge on any atom is -0.304 e. The van der Waals surface area contributed by atoms with Crippen molar-refractivity contribution in [3.63, 3.8) is 0 Å². The largest absolute Gasteiger partial charge is 0.304 e. The third-order valence-corrected chi connectivity index (χ3v) is 4.88. The molecule has 4 rings (SSSR count). The zero-order valence-electron chi connectivity index (χ0n) is 14.1. The van der Waals surface area contributed by atoms with Gasteiger partial charge in [-0.3, -0.25) is 14.2 Å². The van der Waals surface area contributed by atoms with Gasteiger partial charge in [-0.25, -0.2) is 0 Å². The first-order valence-corrected chi connectivity index (χ1v) is 9.18. The van der Waals surface area contributed by atoms with Crippen molar-refractivity contribution in [3.8, 4) is 0 Å². The number of hydrogen-bond donors (Lipinski definition) is 1. The molecule has 6 nitrogen and oxygen atoms in total. The number of aromatic nitrogens is 4. The molecule has 0 saturated carbocycles. The van der Waals surface area contributed by atoms with Crippen LogP contribution in [0.4, 0.5) is 5.82 Å². The second kappa shape index (κ2) is 6.91. The summed E-state index contributed by atoms with van der Waals surface area (Å²) in [5, 5.41) is 13.9. The van der Waals surface area contributed by atoms with E-state index >= 15 is 0 Å². The summed E-state index contributed by atoms with van der Waals surface area (Å²) in [4.78, 5) is 12.3. The van der Waals surface area contributed by atoms with E-state index in [2.05, 4.69) is 62.4 Å². The molecule has 0 spiro atoms. The number of carbonyl (C=O) groups excluding carboxylic acids is 1. The third-order valence-electron chi connectivity index (χ3n) is 4.09. The molecule has 130 valence electrons. The molecular formula is C19H16IN5O. The third kappa shape index (κ3) is 3.34. The summed E-state index contributed by atoms with van der Waals surface area (Å²) in [5.41, 5.74) is 1.58. The maximum atomic E-state index is 12.3. The summed E-state index contributed by atoms with van der Waals surface area (Å²) in [6, 6.07) is 16.3. The lowest BCUT2D eigenvalue weighted by molar-refractivity contribution is 0.102. The van der Waals surface area contributed by atoms with Crippen LogP contribution in [0, 0.1) is 3.57 Å². The summed E-state index contributed by atoms with van der Waals surface area (Å²) in [6.07, 6.45) is 3.66. The average molecular weight is 457 g/mol. The predicted octanol–water partition coefficient (Wildman–Crippen LogP) is 3.68. The van der Waals surface area contributed by atoms with Crippen LogP contribution in [0.5, 0.6) is 0 Å². The summed E-state index contributed by atoms with van der Waals surface area (Å²) >= 11 is 2.10. The fraction of sp³-hybridized carbons (Fsp3) is 0.105. The van der Waals surface area contributed by atoms with Gasteiger partial charge in [0, 0.05) is 25.5 Å². The zero-order chi connectivity index (χ0) is 18.1. The topological polar surface area (TPSA) is 64.7 Å². The van der Waals surface area contributed by atoms with E-state index in [4.69, 9.17) is 0 Å². The molecule has 4 aromatic rings. The molecule has 0 aliphatic heterocycles. The first kappa shape index (κ1) is 16.8. The lowest BCUT2D eigenvalue weighted by Gasteiger charge is -2.07. The molecule has 0 unspecified atom stereocenters. The number of carbonyl (C=O) groups is 1. The van der Waals surface area contributed by atoms with Gasteiger partial charge in [0.2, 0.25) is 0 Å². The summed E-state index contributed by atoms with van der Waals surface area (Å²) in [7, 11) is 1.79. The highest BCUT2D eigenvalue weighted by Gasteiger charge is 2.15. The minimum absolute atomic E-state index is 0.259. The van der Waals surface area contributed by atoms with E-state index in [1.807, 2.05) is 29.1 Å². The molecule has 0 atom stereocenters. The first-order chi connectivity index (χ1) is 12.6. The van der Waals surface area contributed by atoms with Crippen LogP contribution in [-0.4, -0.2) is 25.5 Å². The second-order valence-corrected chi connectivity index (χ2v) is 7.15. The average Bonchev–Trinajstić information content (AvgIpc) is 3.21. The van der Waals surface area contributed by atoms with Crippen molar-refractivity contribution in [1.82, 2.24) is 19.6 Å². The summed E-state index contributed by atoms with van der Waals surface area (Å²) < 4.78 is 4.24.